The zero-order valence-electron chi connectivity index (χ0n) is 15.2. The molecule has 1 N–H and O–H groups in total. The standard InChI is InChI=1S/C21H25NO4/c1-3-4-14-26-18-12-10-17(11-13-18)20(23)22-19(21(24)25-2)15-16-8-6-5-7-9-16/h5-13,19H,3-4,14-15H2,1-2H3,(H,22,23)/t19-/m0/s1. The van der Waals surface area contributed by atoms with Crippen molar-refractivity contribution in [2.24, 2.45) is 0 Å². The van der Waals surface area contributed by atoms with Crippen LogP contribution in [0.1, 0.15) is 35.7 Å². The van der Waals surface area contributed by atoms with E-state index < -0.39 is 12.0 Å². The fourth-order valence-electron chi connectivity index (χ4n) is 2.46. The van der Waals surface area contributed by atoms with Crippen LogP contribution in [0.3, 0.4) is 0 Å². The molecule has 0 bridgehead atoms. The van der Waals surface area contributed by atoms with Crippen LogP contribution in [0.4, 0.5) is 0 Å². The second-order valence-electron chi connectivity index (χ2n) is 5.97. The molecule has 5 nitrogen and oxygen atoms in total. The van der Waals surface area contributed by atoms with E-state index >= 15 is 0 Å². The summed E-state index contributed by atoms with van der Waals surface area (Å²) in [4.78, 5) is 24.5. The fourth-order valence-corrected chi connectivity index (χ4v) is 2.46. The summed E-state index contributed by atoms with van der Waals surface area (Å²) in [5.41, 5.74) is 1.41. The van der Waals surface area contributed by atoms with Crippen molar-refractivity contribution >= 4 is 11.9 Å². The molecule has 0 heterocycles. The largest absolute Gasteiger partial charge is 0.494 e. The van der Waals surface area contributed by atoms with Crippen LogP contribution in [-0.2, 0) is 16.0 Å². The van der Waals surface area contributed by atoms with E-state index in [-0.39, 0.29) is 5.91 Å². The summed E-state index contributed by atoms with van der Waals surface area (Å²) in [6, 6.07) is 15.7. The Bertz CT molecular complexity index is 698. The molecule has 2 aromatic carbocycles. The quantitative estimate of drug-likeness (QED) is 0.553. The summed E-state index contributed by atoms with van der Waals surface area (Å²) in [7, 11) is 1.31. The Morgan fingerprint density at radius 2 is 1.73 bits per heavy atom. The highest BCUT2D eigenvalue weighted by atomic mass is 16.5. The van der Waals surface area contributed by atoms with Crippen LogP contribution in [0.15, 0.2) is 54.6 Å². The number of carbonyl (C=O) groups excluding carboxylic acids is 2. The highest BCUT2D eigenvalue weighted by Crippen LogP contribution is 2.13. The zero-order valence-corrected chi connectivity index (χ0v) is 15.2. The van der Waals surface area contributed by atoms with Crippen LogP contribution in [0.25, 0.3) is 0 Å². The monoisotopic (exact) mass is 355 g/mol. The van der Waals surface area contributed by atoms with E-state index in [9.17, 15) is 9.59 Å². The molecule has 0 saturated carbocycles. The first-order valence-electron chi connectivity index (χ1n) is 8.79. The first-order valence-corrected chi connectivity index (χ1v) is 8.79. The molecular weight excluding hydrogens is 330 g/mol. The lowest BCUT2D eigenvalue weighted by Gasteiger charge is -2.17. The van der Waals surface area contributed by atoms with Gasteiger partial charge in [0.05, 0.1) is 13.7 Å². The van der Waals surface area contributed by atoms with E-state index in [1.54, 1.807) is 24.3 Å². The maximum atomic E-state index is 12.5. The summed E-state index contributed by atoms with van der Waals surface area (Å²) in [5.74, 6) is -0.0676. The van der Waals surface area contributed by atoms with Gasteiger partial charge >= 0.3 is 5.97 Å². The SMILES string of the molecule is CCCCOc1ccc(C(=O)N[C@@H](Cc2ccccc2)C(=O)OC)cc1. The average Bonchev–Trinajstić information content (AvgIpc) is 2.68. The van der Waals surface area contributed by atoms with Crippen LogP contribution in [-0.4, -0.2) is 31.6 Å². The first kappa shape index (κ1) is 19.5. The van der Waals surface area contributed by atoms with Crippen LogP contribution in [0.2, 0.25) is 0 Å². The van der Waals surface area contributed by atoms with Crippen LogP contribution in [0, 0.1) is 0 Å². The smallest absolute Gasteiger partial charge is 0.328 e. The lowest BCUT2D eigenvalue weighted by atomic mass is 10.1. The minimum Gasteiger partial charge on any atom is -0.494 e. The molecule has 1 atom stereocenters. The van der Waals surface area contributed by atoms with E-state index in [0.717, 1.165) is 24.2 Å². The number of carbonyl (C=O) groups is 2. The molecular formula is C21H25NO4. The number of nitrogens with one attached hydrogen (secondary N) is 1. The van der Waals surface area contributed by atoms with Gasteiger partial charge in [0.1, 0.15) is 11.8 Å². The number of hydrogen-bond acceptors (Lipinski definition) is 4. The molecule has 0 radical (unpaired) electrons. The molecule has 0 aromatic heterocycles. The van der Waals surface area contributed by atoms with Crippen molar-refractivity contribution in [3.05, 3.63) is 65.7 Å². The third kappa shape index (κ3) is 5.92. The number of hydrogen-bond donors (Lipinski definition) is 1. The van der Waals surface area contributed by atoms with Crippen molar-refractivity contribution in [1.82, 2.24) is 5.32 Å². The number of esters is 1. The number of ether oxygens (including phenoxy) is 2. The van der Waals surface area contributed by atoms with E-state index in [2.05, 4.69) is 12.2 Å². The normalized spacial score (nSPS) is 11.5. The summed E-state index contributed by atoms with van der Waals surface area (Å²) < 4.78 is 10.4. The molecule has 0 spiro atoms. The first-order chi connectivity index (χ1) is 12.6. The van der Waals surface area contributed by atoms with Crippen molar-refractivity contribution in [3.8, 4) is 5.75 Å². The summed E-state index contributed by atoms with van der Waals surface area (Å²) in [6.07, 6.45) is 2.43. The van der Waals surface area contributed by atoms with Gasteiger partial charge in [-0.25, -0.2) is 4.79 Å². The number of unbranched alkanes of at least 4 members (excludes halogenated alkanes) is 1. The van der Waals surface area contributed by atoms with Crippen LogP contribution in [0.5, 0.6) is 5.75 Å². The van der Waals surface area contributed by atoms with E-state index in [4.69, 9.17) is 9.47 Å². The van der Waals surface area contributed by atoms with E-state index in [1.807, 2.05) is 30.3 Å². The van der Waals surface area contributed by atoms with Gasteiger partial charge in [0, 0.05) is 12.0 Å². The molecule has 0 aliphatic rings. The van der Waals surface area contributed by atoms with Gasteiger partial charge in [-0.05, 0) is 36.2 Å². The van der Waals surface area contributed by atoms with Crippen molar-refractivity contribution in [2.75, 3.05) is 13.7 Å². The number of benzene rings is 2. The van der Waals surface area contributed by atoms with Gasteiger partial charge in [-0.1, -0.05) is 43.7 Å². The van der Waals surface area contributed by atoms with Crippen molar-refractivity contribution < 1.29 is 19.1 Å². The fraction of sp³-hybridized carbons (Fsp3) is 0.333. The molecule has 0 fully saturated rings. The highest BCUT2D eigenvalue weighted by molar-refractivity contribution is 5.96. The number of methoxy groups -OCH3 is 1. The molecule has 2 rings (SSSR count). The number of rotatable bonds is 9. The molecule has 0 unspecified atom stereocenters. The maximum absolute atomic E-state index is 12.5. The van der Waals surface area contributed by atoms with Crippen LogP contribution >= 0.6 is 0 Å². The van der Waals surface area contributed by atoms with E-state index in [0.29, 0.717) is 18.6 Å². The summed E-state index contributed by atoms with van der Waals surface area (Å²) >= 11 is 0. The molecule has 0 aliphatic heterocycles. The Hall–Kier alpha value is -2.82. The molecule has 2 aromatic rings. The Morgan fingerprint density at radius 1 is 1.04 bits per heavy atom. The van der Waals surface area contributed by atoms with Crippen LogP contribution < -0.4 is 10.1 Å². The van der Waals surface area contributed by atoms with Crippen molar-refractivity contribution in [1.29, 1.82) is 0 Å². The predicted octanol–water partition coefficient (Wildman–Crippen LogP) is 3.38. The van der Waals surface area contributed by atoms with Gasteiger partial charge in [-0.3, -0.25) is 4.79 Å². The zero-order chi connectivity index (χ0) is 18.8. The third-order valence-corrected chi connectivity index (χ3v) is 3.96. The molecule has 138 valence electrons. The minimum absolute atomic E-state index is 0.323. The molecule has 26 heavy (non-hydrogen) atoms. The van der Waals surface area contributed by atoms with Crippen molar-refractivity contribution in [3.63, 3.8) is 0 Å². The Kier molecular flexibility index (Phi) is 7.68. The van der Waals surface area contributed by atoms with Gasteiger partial charge < -0.3 is 14.8 Å². The number of amides is 1. The predicted molar refractivity (Wildman–Crippen MR) is 100 cm³/mol. The van der Waals surface area contributed by atoms with Crippen molar-refractivity contribution in [2.45, 2.75) is 32.2 Å². The van der Waals surface area contributed by atoms with Gasteiger partial charge in [0.15, 0.2) is 0 Å². The third-order valence-electron chi connectivity index (χ3n) is 3.96. The average molecular weight is 355 g/mol. The lowest BCUT2D eigenvalue weighted by Crippen LogP contribution is -2.43. The summed E-state index contributed by atoms with van der Waals surface area (Å²) in [6.45, 7) is 2.76. The van der Waals surface area contributed by atoms with Gasteiger partial charge in [-0.2, -0.15) is 0 Å². The molecule has 0 saturated heterocycles. The molecule has 1 amide bonds. The topological polar surface area (TPSA) is 64.6 Å². The van der Waals surface area contributed by atoms with Gasteiger partial charge in [0.2, 0.25) is 0 Å². The molecule has 0 aliphatic carbocycles. The summed E-state index contributed by atoms with van der Waals surface area (Å²) in [5, 5.41) is 2.75. The van der Waals surface area contributed by atoms with Gasteiger partial charge in [-0.15, -0.1) is 0 Å². The highest BCUT2D eigenvalue weighted by Gasteiger charge is 2.22. The van der Waals surface area contributed by atoms with Gasteiger partial charge in [0.25, 0.3) is 5.91 Å². The second kappa shape index (κ2) is 10.2. The van der Waals surface area contributed by atoms with E-state index in [1.165, 1.54) is 7.11 Å². The lowest BCUT2D eigenvalue weighted by molar-refractivity contribution is -0.142. The molecule has 5 heteroatoms. The Morgan fingerprint density at radius 3 is 2.35 bits per heavy atom. The maximum Gasteiger partial charge on any atom is 0.328 e. The minimum atomic E-state index is -0.740. The Labute approximate surface area is 154 Å². The Balaban J connectivity index is 2.00. The second-order valence-corrected chi connectivity index (χ2v) is 5.97.